The van der Waals surface area contributed by atoms with E-state index in [4.69, 9.17) is 9.26 Å². The molecule has 1 aliphatic heterocycles. The summed E-state index contributed by atoms with van der Waals surface area (Å²) in [5, 5.41) is 13.0. The molecule has 34 heavy (non-hydrogen) atoms. The van der Waals surface area contributed by atoms with E-state index < -0.39 is 17.8 Å². The highest BCUT2D eigenvalue weighted by Crippen LogP contribution is 2.39. The molecule has 1 amide bonds. The monoisotopic (exact) mass is 483 g/mol. The van der Waals surface area contributed by atoms with Gasteiger partial charge in [-0.25, -0.2) is 4.79 Å². The van der Waals surface area contributed by atoms with Crippen LogP contribution in [0.2, 0.25) is 0 Å². The van der Waals surface area contributed by atoms with E-state index in [2.05, 4.69) is 17.1 Å². The number of unbranched alkanes of at least 4 members (excludes halogenated alkanes) is 6. The van der Waals surface area contributed by atoms with Gasteiger partial charge in [-0.3, -0.25) is 0 Å². The fourth-order valence-corrected chi connectivity index (χ4v) is 4.13. The van der Waals surface area contributed by atoms with Crippen molar-refractivity contribution in [3.05, 3.63) is 29.7 Å². The average Bonchev–Trinajstić information content (AvgIpc) is 3.31. The van der Waals surface area contributed by atoms with Gasteiger partial charge in [-0.1, -0.05) is 50.6 Å². The first-order chi connectivity index (χ1) is 16.3. The molecule has 1 aliphatic rings. The van der Waals surface area contributed by atoms with E-state index in [9.17, 15) is 23.1 Å². The number of ether oxygens (including phenoxy) is 1. The highest BCUT2D eigenvalue weighted by molar-refractivity contribution is 5.65. The molecule has 0 bridgehead atoms. The Bertz CT molecular complexity index is 932. The predicted molar refractivity (Wildman–Crippen MR) is 120 cm³/mol. The molecule has 0 radical (unpaired) electrons. The largest absolute Gasteiger partial charge is 0.493 e. The number of halogens is 3. The summed E-state index contributed by atoms with van der Waals surface area (Å²) < 4.78 is 51.9. The average molecular weight is 484 g/mol. The molecule has 10 heteroatoms. The number of rotatable bonds is 11. The summed E-state index contributed by atoms with van der Waals surface area (Å²) in [4.78, 5) is 16.8. The first-order valence-electron chi connectivity index (χ1n) is 12.0. The Kier molecular flexibility index (Phi) is 9.18. The Labute approximate surface area is 197 Å². The van der Waals surface area contributed by atoms with Crippen molar-refractivity contribution in [3.8, 4) is 17.1 Å². The molecular formula is C24H32F3N3O4. The molecule has 3 rings (SSSR count). The topological polar surface area (TPSA) is 88.7 Å². The molecule has 2 heterocycles. The zero-order valence-electron chi connectivity index (χ0n) is 19.4. The van der Waals surface area contributed by atoms with Gasteiger partial charge in [0.15, 0.2) is 0 Å². The number of alkyl halides is 3. The van der Waals surface area contributed by atoms with Crippen LogP contribution in [0.3, 0.4) is 0 Å². The maximum atomic E-state index is 13.7. The second-order valence-electron chi connectivity index (χ2n) is 8.70. The molecule has 1 atom stereocenters. The Morgan fingerprint density at radius 2 is 1.94 bits per heavy atom. The molecule has 1 fully saturated rings. The lowest BCUT2D eigenvalue weighted by molar-refractivity contribution is -0.138. The minimum Gasteiger partial charge on any atom is -0.493 e. The molecule has 1 N–H and O–H groups in total. The lowest BCUT2D eigenvalue weighted by atomic mass is 9.98. The van der Waals surface area contributed by atoms with Crippen molar-refractivity contribution in [1.29, 1.82) is 0 Å². The number of carboxylic acid groups (broad SMARTS) is 1. The van der Waals surface area contributed by atoms with Gasteiger partial charge in [0.2, 0.25) is 11.7 Å². The summed E-state index contributed by atoms with van der Waals surface area (Å²) in [7, 11) is 0. The van der Waals surface area contributed by atoms with E-state index in [0.29, 0.717) is 25.8 Å². The van der Waals surface area contributed by atoms with Gasteiger partial charge in [-0.05, 0) is 37.5 Å². The number of carbonyl (C=O) groups is 1. The molecular weight excluding hydrogens is 451 g/mol. The van der Waals surface area contributed by atoms with Crippen molar-refractivity contribution in [2.45, 2.75) is 76.8 Å². The number of amides is 1. The first kappa shape index (κ1) is 25.8. The van der Waals surface area contributed by atoms with Crippen LogP contribution in [0.25, 0.3) is 11.4 Å². The molecule has 7 nitrogen and oxygen atoms in total. The fraction of sp³-hybridized carbons (Fsp3) is 0.625. The molecule has 0 saturated carbocycles. The summed E-state index contributed by atoms with van der Waals surface area (Å²) in [6, 6.07) is 3.75. The third-order valence-electron chi connectivity index (χ3n) is 6.03. The Hall–Kier alpha value is -2.78. The van der Waals surface area contributed by atoms with Crippen molar-refractivity contribution < 1.29 is 32.3 Å². The predicted octanol–water partition coefficient (Wildman–Crippen LogP) is 6.74. The van der Waals surface area contributed by atoms with E-state index in [1.54, 1.807) is 0 Å². The van der Waals surface area contributed by atoms with Crippen molar-refractivity contribution in [3.63, 3.8) is 0 Å². The molecule has 1 aromatic carbocycles. The van der Waals surface area contributed by atoms with Gasteiger partial charge >= 0.3 is 12.3 Å². The summed E-state index contributed by atoms with van der Waals surface area (Å²) in [6.45, 7) is 3.03. The highest BCUT2D eigenvalue weighted by Gasteiger charge is 2.35. The standard InChI is InChI=1S/C24H32F3N3O4/c1-2-3-4-5-6-7-8-14-33-20-12-11-17(15-19(20)24(25,26)27)21-28-22(34-29-21)18-10-9-13-30(16-18)23(31)32/h11-12,15,18H,2-10,13-14,16H2,1H3,(H,31,32)/t18-/m1/s1. The van der Waals surface area contributed by atoms with Crippen LogP contribution in [0, 0.1) is 0 Å². The fourth-order valence-electron chi connectivity index (χ4n) is 4.13. The lowest BCUT2D eigenvalue weighted by Crippen LogP contribution is -2.38. The first-order valence-corrected chi connectivity index (χ1v) is 12.0. The van der Waals surface area contributed by atoms with Crippen molar-refractivity contribution in [2.75, 3.05) is 19.7 Å². The third-order valence-corrected chi connectivity index (χ3v) is 6.03. The van der Waals surface area contributed by atoms with Crippen molar-refractivity contribution in [2.24, 2.45) is 0 Å². The zero-order valence-corrected chi connectivity index (χ0v) is 19.4. The van der Waals surface area contributed by atoms with Crippen molar-refractivity contribution in [1.82, 2.24) is 15.0 Å². The minimum absolute atomic E-state index is 0.0339. The summed E-state index contributed by atoms with van der Waals surface area (Å²) in [5.41, 5.74) is -0.717. The molecule has 1 saturated heterocycles. The van der Waals surface area contributed by atoms with Gasteiger partial charge in [0.25, 0.3) is 0 Å². The Balaban J connectivity index is 1.64. The second kappa shape index (κ2) is 12.1. The van der Waals surface area contributed by atoms with Gasteiger partial charge in [-0.15, -0.1) is 0 Å². The van der Waals surface area contributed by atoms with Crippen LogP contribution in [-0.2, 0) is 6.18 Å². The number of piperidine rings is 1. The van der Waals surface area contributed by atoms with Gasteiger partial charge in [0.05, 0.1) is 18.1 Å². The van der Waals surface area contributed by atoms with Crippen LogP contribution in [0.15, 0.2) is 22.7 Å². The molecule has 2 aromatic rings. The lowest BCUT2D eigenvalue weighted by Gasteiger charge is -2.28. The van der Waals surface area contributed by atoms with E-state index in [1.165, 1.54) is 36.3 Å². The SMILES string of the molecule is CCCCCCCCCOc1ccc(-c2noc([C@@H]3CCCN(C(=O)O)C3)n2)cc1C(F)(F)F. The second-order valence-corrected chi connectivity index (χ2v) is 8.70. The number of benzene rings is 1. The van der Waals surface area contributed by atoms with Crippen molar-refractivity contribution >= 4 is 6.09 Å². The van der Waals surface area contributed by atoms with Gasteiger partial charge in [-0.2, -0.15) is 18.2 Å². The van der Waals surface area contributed by atoms with Crippen LogP contribution in [0.5, 0.6) is 5.75 Å². The number of hydrogen-bond acceptors (Lipinski definition) is 5. The van der Waals surface area contributed by atoms with Crippen LogP contribution >= 0.6 is 0 Å². The summed E-state index contributed by atoms with van der Waals surface area (Å²) in [6.07, 6.45) is 3.10. The molecule has 0 unspecified atom stereocenters. The zero-order chi connectivity index (χ0) is 24.6. The number of likely N-dealkylation sites (tertiary alicyclic amines) is 1. The number of hydrogen-bond donors (Lipinski definition) is 1. The van der Waals surface area contributed by atoms with E-state index in [1.807, 2.05) is 0 Å². The van der Waals surface area contributed by atoms with E-state index >= 15 is 0 Å². The molecule has 0 aliphatic carbocycles. The minimum atomic E-state index is -4.59. The molecule has 0 spiro atoms. The van der Waals surface area contributed by atoms with Crippen LogP contribution < -0.4 is 4.74 Å². The smallest absolute Gasteiger partial charge is 0.419 e. The maximum absolute atomic E-state index is 13.7. The van der Waals surface area contributed by atoms with Gasteiger partial charge < -0.3 is 19.3 Å². The summed E-state index contributed by atoms with van der Waals surface area (Å²) in [5.74, 6) is -0.228. The third kappa shape index (κ3) is 7.11. The van der Waals surface area contributed by atoms with Crippen LogP contribution in [0.1, 0.15) is 82.1 Å². The summed E-state index contributed by atoms with van der Waals surface area (Å²) >= 11 is 0. The van der Waals surface area contributed by atoms with Crippen LogP contribution in [-0.4, -0.2) is 45.9 Å². The normalized spacial score (nSPS) is 16.6. The van der Waals surface area contributed by atoms with Gasteiger partial charge in [0.1, 0.15) is 5.75 Å². The van der Waals surface area contributed by atoms with E-state index in [-0.39, 0.29) is 42.1 Å². The highest BCUT2D eigenvalue weighted by atomic mass is 19.4. The van der Waals surface area contributed by atoms with Crippen LogP contribution in [0.4, 0.5) is 18.0 Å². The molecule has 1 aromatic heterocycles. The van der Waals surface area contributed by atoms with E-state index in [0.717, 1.165) is 25.3 Å². The maximum Gasteiger partial charge on any atom is 0.419 e. The Morgan fingerprint density at radius 3 is 2.65 bits per heavy atom. The Morgan fingerprint density at radius 1 is 1.21 bits per heavy atom. The molecule has 188 valence electrons. The quantitative estimate of drug-likeness (QED) is 0.356. The number of aromatic nitrogens is 2. The number of nitrogens with zero attached hydrogens (tertiary/aromatic N) is 3. The van der Waals surface area contributed by atoms with Gasteiger partial charge in [0, 0.05) is 18.7 Å².